The van der Waals surface area contributed by atoms with E-state index in [-0.39, 0.29) is 28.6 Å². The number of hydrogen-bond acceptors (Lipinski definition) is 6. The molecule has 2 rings (SSSR count). The Bertz CT molecular complexity index is 806. The Labute approximate surface area is 136 Å². The number of phenols is 1. The summed E-state index contributed by atoms with van der Waals surface area (Å²) >= 11 is 0. The van der Waals surface area contributed by atoms with E-state index in [1.165, 1.54) is 31.4 Å². The number of nitrogens with zero attached hydrogens (tertiary/aromatic N) is 1. The first-order chi connectivity index (χ1) is 11.4. The quantitative estimate of drug-likeness (QED) is 0.339. The Morgan fingerprint density at radius 2 is 1.71 bits per heavy atom. The number of hydrogen-bond donors (Lipinski definition) is 3. The third-order valence-corrected chi connectivity index (χ3v) is 3.00. The lowest BCUT2D eigenvalue weighted by atomic mass is 10.2. The van der Waals surface area contributed by atoms with Crippen LogP contribution in [0, 0.1) is 10.1 Å². The zero-order valence-electron chi connectivity index (χ0n) is 12.5. The van der Waals surface area contributed by atoms with Crippen molar-refractivity contribution >= 4 is 28.9 Å². The summed E-state index contributed by atoms with van der Waals surface area (Å²) in [7, 11) is 1.32. The topological polar surface area (TPSA) is 131 Å². The number of carbonyl (C=O) groups excluding carboxylic acids is 2. The van der Waals surface area contributed by atoms with Gasteiger partial charge < -0.3 is 20.5 Å². The van der Waals surface area contributed by atoms with Crippen molar-refractivity contribution in [3.8, 4) is 11.5 Å². The number of para-hydroxylation sites is 2. The minimum atomic E-state index is -1.07. The molecule has 9 nitrogen and oxygen atoms in total. The van der Waals surface area contributed by atoms with Gasteiger partial charge in [0.25, 0.3) is 5.69 Å². The molecule has 0 aliphatic rings. The lowest BCUT2D eigenvalue weighted by molar-refractivity contribution is -0.384. The van der Waals surface area contributed by atoms with Crippen molar-refractivity contribution in [2.45, 2.75) is 0 Å². The summed E-state index contributed by atoms with van der Waals surface area (Å²) in [4.78, 5) is 34.0. The van der Waals surface area contributed by atoms with Gasteiger partial charge >= 0.3 is 11.8 Å². The maximum absolute atomic E-state index is 11.9. The lowest BCUT2D eigenvalue weighted by Crippen LogP contribution is -2.29. The van der Waals surface area contributed by atoms with E-state index < -0.39 is 16.7 Å². The van der Waals surface area contributed by atoms with Crippen molar-refractivity contribution in [2.75, 3.05) is 17.7 Å². The van der Waals surface area contributed by atoms with Crippen LogP contribution in [0.3, 0.4) is 0 Å². The molecule has 9 heteroatoms. The molecule has 0 heterocycles. The molecule has 124 valence electrons. The molecular formula is C15H13N3O6. The maximum atomic E-state index is 11.9. The van der Waals surface area contributed by atoms with Crippen molar-refractivity contribution < 1.29 is 24.4 Å². The van der Waals surface area contributed by atoms with Crippen LogP contribution in [0.2, 0.25) is 0 Å². The molecule has 0 atom stereocenters. The molecule has 0 spiro atoms. The molecule has 0 aliphatic carbocycles. The molecule has 0 fully saturated rings. The van der Waals surface area contributed by atoms with Gasteiger partial charge in [-0.1, -0.05) is 12.1 Å². The summed E-state index contributed by atoms with van der Waals surface area (Å²) in [5.41, 5.74) is -0.236. The summed E-state index contributed by atoms with van der Waals surface area (Å²) in [6, 6.07) is 9.46. The molecule has 0 aromatic heterocycles. The van der Waals surface area contributed by atoms with E-state index >= 15 is 0 Å². The van der Waals surface area contributed by atoms with Crippen LogP contribution in [0.25, 0.3) is 0 Å². The highest BCUT2D eigenvalue weighted by Crippen LogP contribution is 2.29. The third kappa shape index (κ3) is 3.77. The minimum Gasteiger partial charge on any atom is -0.506 e. The highest BCUT2D eigenvalue weighted by Gasteiger charge is 2.19. The Morgan fingerprint density at radius 3 is 2.29 bits per heavy atom. The van der Waals surface area contributed by atoms with Crippen molar-refractivity contribution in [1.82, 2.24) is 0 Å². The summed E-state index contributed by atoms with van der Waals surface area (Å²) in [6.45, 7) is 0. The first-order valence-corrected chi connectivity index (χ1v) is 6.65. The van der Waals surface area contributed by atoms with E-state index in [2.05, 4.69) is 10.6 Å². The fourth-order valence-electron chi connectivity index (χ4n) is 1.84. The number of ether oxygens (including phenoxy) is 1. The fraction of sp³-hybridized carbons (Fsp3) is 0.0667. The number of nitro groups is 1. The fourth-order valence-corrected chi connectivity index (χ4v) is 1.84. The average Bonchev–Trinajstić information content (AvgIpc) is 2.56. The Balaban J connectivity index is 2.16. The summed E-state index contributed by atoms with van der Waals surface area (Å²) < 4.78 is 4.99. The first kappa shape index (κ1) is 16.7. The molecule has 2 aromatic carbocycles. The molecule has 2 amide bonds. The monoisotopic (exact) mass is 331 g/mol. The largest absolute Gasteiger partial charge is 0.506 e. The predicted molar refractivity (Wildman–Crippen MR) is 85.0 cm³/mol. The van der Waals surface area contributed by atoms with Gasteiger partial charge in [0.15, 0.2) is 0 Å². The number of rotatable bonds is 4. The number of non-ortho nitro benzene ring substituents is 1. The molecule has 2 aromatic rings. The minimum absolute atomic E-state index is 0.0240. The molecule has 24 heavy (non-hydrogen) atoms. The Hall–Kier alpha value is -3.62. The number of methoxy groups -OCH3 is 1. The van der Waals surface area contributed by atoms with Gasteiger partial charge in [-0.15, -0.1) is 0 Å². The molecule has 3 N–H and O–H groups in total. The first-order valence-electron chi connectivity index (χ1n) is 6.65. The van der Waals surface area contributed by atoms with Gasteiger partial charge in [0.1, 0.15) is 11.5 Å². The molecule has 0 saturated heterocycles. The second kappa shape index (κ2) is 7.09. The van der Waals surface area contributed by atoms with Gasteiger partial charge in [0.05, 0.1) is 23.4 Å². The second-order valence-corrected chi connectivity index (χ2v) is 4.57. The zero-order chi connectivity index (χ0) is 17.7. The van der Waals surface area contributed by atoms with E-state index in [0.717, 1.165) is 6.07 Å². The van der Waals surface area contributed by atoms with Gasteiger partial charge in [-0.05, 0) is 18.2 Å². The lowest BCUT2D eigenvalue weighted by Gasteiger charge is -2.10. The smallest absolute Gasteiger partial charge is 0.314 e. The second-order valence-electron chi connectivity index (χ2n) is 4.57. The Morgan fingerprint density at radius 1 is 1.08 bits per heavy atom. The molecule has 0 bridgehead atoms. The van der Waals surface area contributed by atoms with Crippen molar-refractivity contribution in [3.05, 3.63) is 52.6 Å². The SMILES string of the molecule is COc1ccc([N+](=O)[O-])cc1NC(=O)C(=O)Nc1ccccc1O. The van der Waals surface area contributed by atoms with Crippen LogP contribution >= 0.6 is 0 Å². The van der Waals surface area contributed by atoms with Gasteiger partial charge in [0, 0.05) is 12.1 Å². The number of nitro benzene ring substituents is 1. The summed E-state index contributed by atoms with van der Waals surface area (Å²) in [6.07, 6.45) is 0. The van der Waals surface area contributed by atoms with E-state index in [9.17, 15) is 24.8 Å². The highest BCUT2D eigenvalue weighted by atomic mass is 16.6. The molecule has 0 aliphatic heterocycles. The van der Waals surface area contributed by atoms with Crippen LogP contribution < -0.4 is 15.4 Å². The Kier molecular flexibility index (Phi) is 4.95. The van der Waals surface area contributed by atoms with Crippen LogP contribution in [0.5, 0.6) is 11.5 Å². The number of phenolic OH excluding ortho intramolecular Hbond substituents is 1. The van der Waals surface area contributed by atoms with E-state index in [4.69, 9.17) is 4.74 Å². The van der Waals surface area contributed by atoms with Gasteiger partial charge in [-0.2, -0.15) is 0 Å². The number of carbonyl (C=O) groups is 2. The van der Waals surface area contributed by atoms with Gasteiger partial charge in [0.2, 0.25) is 0 Å². The zero-order valence-corrected chi connectivity index (χ0v) is 12.5. The van der Waals surface area contributed by atoms with Crippen LogP contribution in [0.4, 0.5) is 17.1 Å². The van der Waals surface area contributed by atoms with E-state index in [0.29, 0.717) is 0 Å². The predicted octanol–water partition coefficient (Wildman–Crippen LogP) is 1.89. The van der Waals surface area contributed by atoms with Crippen molar-refractivity contribution in [3.63, 3.8) is 0 Å². The highest BCUT2D eigenvalue weighted by molar-refractivity contribution is 6.44. The third-order valence-electron chi connectivity index (χ3n) is 3.00. The van der Waals surface area contributed by atoms with Crippen LogP contribution in [0.15, 0.2) is 42.5 Å². The number of benzene rings is 2. The van der Waals surface area contributed by atoms with Crippen LogP contribution in [-0.2, 0) is 9.59 Å². The van der Waals surface area contributed by atoms with Crippen LogP contribution in [-0.4, -0.2) is 29.0 Å². The van der Waals surface area contributed by atoms with Crippen molar-refractivity contribution in [1.29, 1.82) is 0 Å². The molecule has 0 unspecified atom stereocenters. The number of amides is 2. The molecule has 0 radical (unpaired) electrons. The normalized spacial score (nSPS) is 9.88. The van der Waals surface area contributed by atoms with Gasteiger partial charge in [-0.3, -0.25) is 19.7 Å². The molecular weight excluding hydrogens is 318 g/mol. The molecule has 0 saturated carbocycles. The summed E-state index contributed by atoms with van der Waals surface area (Å²) in [5, 5.41) is 24.8. The van der Waals surface area contributed by atoms with Gasteiger partial charge in [-0.25, -0.2) is 0 Å². The standard InChI is InChI=1S/C15H13N3O6/c1-24-13-7-6-9(18(22)23)8-11(13)17-15(21)14(20)16-10-4-2-3-5-12(10)19/h2-8,19H,1H3,(H,16,20)(H,17,21). The van der Waals surface area contributed by atoms with Crippen LogP contribution in [0.1, 0.15) is 0 Å². The average molecular weight is 331 g/mol. The van der Waals surface area contributed by atoms with Crippen molar-refractivity contribution in [2.24, 2.45) is 0 Å². The maximum Gasteiger partial charge on any atom is 0.314 e. The number of aromatic hydroxyl groups is 1. The summed E-state index contributed by atoms with van der Waals surface area (Å²) in [5.74, 6) is -2.17. The number of anilines is 2. The van der Waals surface area contributed by atoms with E-state index in [1.807, 2.05) is 0 Å². The van der Waals surface area contributed by atoms with E-state index in [1.54, 1.807) is 12.1 Å². The number of nitrogens with one attached hydrogen (secondary N) is 2.